The van der Waals surface area contributed by atoms with Gasteiger partial charge in [-0.1, -0.05) is 38.5 Å². The van der Waals surface area contributed by atoms with Crippen LogP contribution in [0.15, 0.2) is 58.3 Å². The maximum atomic E-state index is 13.1. The Hall–Kier alpha value is -2.78. The summed E-state index contributed by atoms with van der Waals surface area (Å²) in [6.45, 7) is 0. The predicted octanol–water partition coefficient (Wildman–Crippen LogP) is 3.60. The molecule has 0 amide bonds. The van der Waals surface area contributed by atoms with E-state index in [9.17, 15) is 39.2 Å². The minimum atomic E-state index is -4.91. The Morgan fingerprint density at radius 3 is 1.17 bits per heavy atom. The Labute approximate surface area is 240 Å². The van der Waals surface area contributed by atoms with Crippen molar-refractivity contribution in [3.05, 3.63) is 54.1 Å². The van der Waals surface area contributed by atoms with Crippen molar-refractivity contribution in [2.75, 3.05) is 0 Å². The number of rotatable bonds is 8. The van der Waals surface area contributed by atoms with Gasteiger partial charge in [-0.05, 0) is 74.2 Å². The van der Waals surface area contributed by atoms with Crippen molar-refractivity contribution in [1.82, 2.24) is 0 Å². The summed E-state index contributed by atoms with van der Waals surface area (Å²) in [6.07, 6.45) is 6.79. The van der Waals surface area contributed by atoms with Crippen LogP contribution in [-0.2, 0) is 39.9 Å². The number of hydrogen-bond donors (Lipinski definition) is 0. The van der Waals surface area contributed by atoms with E-state index in [1.807, 2.05) is 0 Å². The van der Waals surface area contributed by atoms with Gasteiger partial charge in [-0.2, -0.15) is 16.8 Å². The van der Waals surface area contributed by atoms with Crippen molar-refractivity contribution < 1.29 is 46.8 Å². The van der Waals surface area contributed by atoms with Gasteiger partial charge < -0.3 is 13.9 Å². The van der Waals surface area contributed by atoms with Gasteiger partial charge in [0.25, 0.3) is 19.7 Å². The van der Waals surface area contributed by atoms with Crippen molar-refractivity contribution in [1.29, 1.82) is 0 Å². The molecule has 0 atom stereocenters. The number of nitrogens with zero attached hydrogens (tertiary/aromatic N) is 2. The molecular weight excluding hydrogens is 617 g/mol. The van der Waals surface area contributed by atoms with Gasteiger partial charge in [-0.3, -0.25) is 0 Å². The second-order valence-electron chi connectivity index (χ2n) is 9.99. The van der Waals surface area contributed by atoms with Crippen LogP contribution in [0, 0.1) is 0 Å². The summed E-state index contributed by atoms with van der Waals surface area (Å²) in [7, 11) is -17.7. The molecule has 2 fully saturated rings. The van der Waals surface area contributed by atoms with Crippen LogP contribution >= 0.6 is 0 Å². The Balaban J connectivity index is 1.51. The van der Waals surface area contributed by atoms with Gasteiger partial charge in [-0.15, -0.1) is 4.79 Å². The second kappa shape index (κ2) is 12.2. The van der Waals surface area contributed by atoms with Gasteiger partial charge in [0.2, 0.25) is 0 Å². The van der Waals surface area contributed by atoms with E-state index < -0.39 is 64.6 Å². The van der Waals surface area contributed by atoms with Crippen molar-refractivity contribution >= 4 is 44.3 Å². The zero-order chi connectivity index (χ0) is 29.9. The van der Waals surface area contributed by atoms with E-state index in [1.165, 1.54) is 0 Å². The molecule has 4 rings (SSSR count). The molecule has 0 radical (unpaired) electrons. The highest BCUT2D eigenvalue weighted by Crippen LogP contribution is 2.29. The lowest BCUT2D eigenvalue weighted by Crippen LogP contribution is -2.28. The average molecular weight is 647 g/mol. The monoisotopic (exact) mass is 646 g/mol. The lowest BCUT2D eigenvalue weighted by Gasteiger charge is -2.21. The second-order valence-corrected chi connectivity index (χ2v) is 17.6. The average Bonchev–Trinajstić information content (AvgIpc) is 2.94. The maximum Gasteiger partial charge on any atom is 0.504 e. The molecule has 2 aliphatic carbocycles. The van der Waals surface area contributed by atoms with Crippen molar-refractivity contribution in [3.63, 3.8) is 0 Å². The Kier molecular flexibility index (Phi) is 9.29. The first-order valence-electron chi connectivity index (χ1n) is 13.1. The fourth-order valence-corrected chi connectivity index (χ4v) is 11.1. The topological polar surface area (TPSA) is 191 Å². The SMILES string of the molecule is [N-]=[N+]=C(S(=O)(=O)c1ccc(OS(=O)(=O)C2CCCCC2)cc1)S(=O)(=O)c1ccc(OS(=O)(=O)C2CCCCC2)cc1. The van der Waals surface area contributed by atoms with Crippen LogP contribution in [0.1, 0.15) is 64.2 Å². The van der Waals surface area contributed by atoms with Crippen LogP contribution in [0.2, 0.25) is 0 Å². The molecule has 0 saturated heterocycles. The van der Waals surface area contributed by atoms with E-state index in [4.69, 9.17) is 8.37 Å². The molecule has 41 heavy (non-hydrogen) atoms. The zero-order valence-corrected chi connectivity index (χ0v) is 25.2. The van der Waals surface area contributed by atoms with Crippen molar-refractivity contribution in [3.8, 4) is 11.5 Å². The van der Waals surface area contributed by atoms with E-state index >= 15 is 0 Å². The predicted molar refractivity (Wildman–Crippen MR) is 149 cm³/mol. The highest BCUT2D eigenvalue weighted by molar-refractivity contribution is 8.31. The highest BCUT2D eigenvalue weighted by atomic mass is 32.3. The van der Waals surface area contributed by atoms with E-state index in [-0.39, 0.29) is 11.5 Å². The summed E-state index contributed by atoms with van der Waals surface area (Å²) < 4.78 is 111. The molecule has 0 aliphatic heterocycles. The van der Waals surface area contributed by atoms with Crippen LogP contribution in [-0.4, -0.2) is 53.3 Å². The number of sulfone groups is 2. The van der Waals surface area contributed by atoms with E-state index in [2.05, 4.69) is 4.79 Å². The van der Waals surface area contributed by atoms with E-state index in [0.29, 0.717) is 25.7 Å². The molecule has 0 unspecified atom stereocenters. The van der Waals surface area contributed by atoms with Crippen LogP contribution in [0.4, 0.5) is 0 Å². The summed E-state index contributed by atoms with van der Waals surface area (Å²) in [6, 6.07) is 8.01. The fraction of sp³-hybridized carbons (Fsp3) is 0.480. The van der Waals surface area contributed by atoms with Crippen molar-refractivity contribution in [2.24, 2.45) is 0 Å². The lowest BCUT2D eigenvalue weighted by atomic mass is 10.0. The molecule has 2 aromatic rings. The Morgan fingerprint density at radius 2 is 0.878 bits per heavy atom. The number of hydrogen-bond acceptors (Lipinski definition) is 10. The molecule has 2 aliphatic rings. The standard InChI is InChI=1S/C25H30N2O10S4/c26-27-25(38(28,29)21-15-11-19(12-16-21)36-40(32,33)23-7-3-1-4-8-23)39(30,31)22-17-13-20(14-18-22)37-41(34,35)24-9-5-2-6-10-24/h11-18,23-24H,1-10H2. The van der Waals surface area contributed by atoms with E-state index in [1.54, 1.807) is 0 Å². The molecule has 2 saturated carbocycles. The van der Waals surface area contributed by atoms with Gasteiger partial charge in [0.05, 0.1) is 20.3 Å². The van der Waals surface area contributed by atoms with Crippen LogP contribution in [0.3, 0.4) is 0 Å². The first-order valence-corrected chi connectivity index (χ1v) is 19.0. The molecule has 0 spiro atoms. The zero-order valence-electron chi connectivity index (χ0n) is 22.0. The molecule has 12 nitrogen and oxygen atoms in total. The molecule has 0 bridgehead atoms. The molecule has 0 N–H and O–H groups in total. The lowest BCUT2D eigenvalue weighted by molar-refractivity contribution is 0.00380. The third-order valence-corrected chi connectivity index (χ3v) is 14.8. The van der Waals surface area contributed by atoms with Crippen molar-refractivity contribution in [2.45, 2.75) is 84.5 Å². The van der Waals surface area contributed by atoms with Gasteiger partial charge in [0, 0.05) is 0 Å². The molecular formula is C25H30N2O10S4. The van der Waals surface area contributed by atoms with Crippen LogP contribution in [0.5, 0.6) is 11.5 Å². The molecule has 0 aromatic heterocycles. The maximum absolute atomic E-state index is 13.1. The third-order valence-electron chi connectivity index (χ3n) is 7.16. The molecule has 224 valence electrons. The Bertz CT molecular complexity index is 1610. The first kappa shape index (κ1) is 31.2. The molecule has 2 aromatic carbocycles. The minimum Gasteiger partial charge on any atom is -0.382 e. The quantitative estimate of drug-likeness (QED) is 0.135. The Morgan fingerprint density at radius 1 is 0.561 bits per heavy atom. The molecule has 16 heteroatoms. The van der Waals surface area contributed by atoms with Gasteiger partial charge in [0.1, 0.15) is 11.5 Å². The third kappa shape index (κ3) is 7.00. The highest BCUT2D eigenvalue weighted by Gasteiger charge is 2.44. The van der Waals surface area contributed by atoms with E-state index in [0.717, 1.165) is 87.1 Å². The van der Waals surface area contributed by atoms with Crippen LogP contribution in [0.25, 0.3) is 5.53 Å². The normalized spacial score (nSPS) is 17.9. The summed E-state index contributed by atoms with van der Waals surface area (Å²) in [5.41, 5.74) is 9.44. The minimum absolute atomic E-state index is 0.154. The smallest absolute Gasteiger partial charge is 0.382 e. The van der Waals surface area contributed by atoms with Gasteiger partial charge in [-0.25, -0.2) is 16.8 Å². The van der Waals surface area contributed by atoms with Gasteiger partial charge >= 0.3 is 24.6 Å². The van der Waals surface area contributed by atoms with Gasteiger partial charge in [0.15, 0.2) is 0 Å². The first-order chi connectivity index (χ1) is 19.3. The van der Waals surface area contributed by atoms with Crippen LogP contribution < -0.4 is 8.37 Å². The summed E-state index contributed by atoms with van der Waals surface area (Å²) in [4.78, 5) is 1.38. The number of benzene rings is 2. The summed E-state index contributed by atoms with van der Waals surface area (Å²) in [5.74, 6) is -0.308. The largest absolute Gasteiger partial charge is 0.504 e. The molecule has 0 heterocycles. The summed E-state index contributed by atoms with van der Waals surface area (Å²) >= 11 is 0. The summed E-state index contributed by atoms with van der Waals surface area (Å²) in [5, 5.41) is -1.33. The fourth-order valence-electron chi connectivity index (χ4n) is 4.91.